The summed E-state index contributed by atoms with van der Waals surface area (Å²) in [5, 5.41) is 14.8. The SMILES string of the molecule is C[C@@H]1CN(C[C@H](O)CN2CCC[C@@H]2c2cnn(C)c2)C[C@H](C)O1. The average molecular weight is 322 g/mol. The highest BCUT2D eigenvalue weighted by Gasteiger charge is 2.30. The second kappa shape index (κ2) is 7.30. The highest BCUT2D eigenvalue weighted by molar-refractivity contribution is 5.12. The third kappa shape index (κ3) is 4.32. The Morgan fingerprint density at radius 1 is 1.30 bits per heavy atom. The number of rotatable bonds is 5. The maximum absolute atomic E-state index is 10.6. The van der Waals surface area contributed by atoms with Gasteiger partial charge in [0.2, 0.25) is 0 Å². The van der Waals surface area contributed by atoms with Gasteiger partial charge in [0.25, 0.3) is 0 Å². The molecule has 2 fully saturated rings. The van der Waals surface area contributed by atoms with E-state index >= 15 is 0 Å². The van der Waals surface area contributed by atoms with Crippen molar-refractivity contribution in [2.24, 2.45) is 7.05 Å². The van der Waals surface area contributed by atoms with E-state index in [0.717, 1.165) is 39.1 Å². The molecule has 0 bridgehead atoms. The number of aromatic nitrogens is 2. The molecule has 6 nitrogen and oxygen atoms in total. The largest absolute Gasteiger partial charge is 0.390 e. The highest BCUT2D eigenvalue weighted by atomic mass is 16.5. The summed E-state index contributed by atoms with van der Waals surface area (Å²) in [5.74, 6) is 0. The molecule has 2 saturated heterocycles. The molecule has 0 spiro atoms. The Hall–Kier alpha value is -0.950. The second-order valence-corrected chi connectivity index (χ2v) is 7.23. The van der Waals surface area contributed by atoms with Crippen molar-refractivity contribution in [2.45, 2.75) is 51.0 Å². The predicted molar refractivity (Wildman–Crippen MR) is 89.2 cm³/mol. The summed E-state index contributed by atoms with van der Waals surface area (Å²) < 4.78 is 7.63. The minimum absolute atomic E-state index is 0.251. The van der Waals surface area contributed by atoms with Crippen molar-refractivity contribution in [1.82, 2.24) is 19.6 Å². The van der Waals surface area contributed by atoms with E-state index in [1.807, 2.05) is 17.9 Å². The van der Waals surface area contributed by atoms with Crippen molar-refractivity contribution < 1.29 is 9.84 Å². The standard InChI is InChI=1S/C17H30N4O2/c1-13-8-20(9-14(2)23-13)11-16(22)12-21-6-4-5-17(21)15-7-18-19(3)10-15/h7,10,13-14,16-17,22H,4-6,8-9,11-12H2,1-3H3/t13-,14+,16-,17+/m0/s1. The van der Waals surface area contributed by atoms with Crippen molar-refractivity contribution in [1.29, 1.82) is 0 Å². The van der Waals surface area contributed by atoms with Gasteiger partial charge in [-0.3, -0.25) is 14.5 Å². The van der Waals surface area contributed by atoms with Gasteiger partial charge in [-0.1, -0.05) is 0 Å². The van der Waals surface area contributed by atoms with E-state index in [2.05, 4.69) is 34.9 Å². The van der Waals surface area contributed by atoms with Gasteiger partial charge in [0.15, 0.2) is 0 Å². The van der Waals surface area contributed by atoms with E-state index in [1.54, 1.807) is 0 Å². The van der Waals surface area contributed by atoms with E-state index in [-0.39, 0.29) is 18.3 Å². The van der Waals surface area contributed by atoms with Gasteiger partial charge in [0.1, 0.15) is 0 Å². The minimum atomic E-state index is -0.315. The summed E-state index contributed by atoms with van der Waals surface area (Å²) in [5.41, 5.74) is 1.27. The third-order valence-corrected chi connectivity index (χ3v) is 4.88. The lowest BCUT2D eigenvalue weighted by Gasteiger charge is -2.37. The van der Waals surface area contributed by atoms with Crippen molar-refractivity contribution in [3.8, 4) is 0 Å². The summed E-state index contributed by atoms with van der Waals surface area (Å²) in [6.45, 7) is 8.56. The molecule has 2 aliphatic heterocycles. The van der Waals surface area contributed by atoms with Crippen LogP contribution in [0.3, 0.4) is 0 Å². The van der Waals surface area contributed by atoms with Crippen LogP contribution in [-0.2, 0) is 11.8 Å². The van der Waals surface area contributed by atoms with E-state index in [4.69, 9.17) is 4.74 Å². The van der Waals surface area contributed by atoms with Gasteiger partial charge in [0.05, 0.1) is 24.5 Å². The lowest BCUT2D eigenvalue weighted by atomic mass is 10.1. The zero-order chi connectivity index (χ0) is 16.4. The molecule has 4 atom stereocenters. The molecule has 0 radical (unpaired) electrons. The molecule has 3 heterocycles. The average Bonchev–Trinajstić information content (AvgIpc) is 3.06. The third-order valence-electron chi connectivity index (χ3n) is 4.88. The summed E-state index contributed by atoms with van der Waals surface area (Å²) in [7, 11) is 1.96. The molecule has 0 aromatic carbocycles. The summed E-state index contributed by atoms with van der Waals surface area (Å²) in [6, 6.07) is 0.404. The van der Waals surface area contributed by atoms with E-state index in [9.17, 15) is 5.11 Å². The minimum Gasteiger partial charge on any atom is -0.390 e. The van der Waals surface area contributed by atoms with Gasteiger partial charge < -0.3 is 9.84 Å². The Bertz CT molecular complexity index is 497. The van der Waals surface area contributed by atoms with Crippen LogP contribution in [0, 0.1) is 0 Å². The Morgan fingerprint density at radius 3 is 2.70 bits per heavy atom. The van der Waals surface area contributed by atoms with Crippen LogP contribution in [0.5, 0.6) is 0 Å². The van der Waals surface area contributed by atoms with Gasteiger partial charge in [-0.05, 0) is 33.2 Å². The molecule has 6 heteroatoms. The van der Waals surface area contributed by atoms with Gasteiger partial charge in [-0.25, -0.2) is 0 Å². The Labute approximate surface area is 139 Å². The number of likely N-dealkylation sites (tertiary alicyclic amines) is 1. The lowest BCUT2D eigenvalue weighted by Crippen LogP contribution is -2.49. The molecule has 130 valence electrons. The molecule has 2 aliphatic rings. The number of hydrogen-bond acceptors (Lipinski definition) is 5. The van der Waals surface area contributed by atoms with Crippen LogP contribution in [0.25, 0.3) is 0 Å². The number of hydrogen-bond donors (Lipinski definition) is 1. The number of aliphatic hydroxyl groups is 1. The molecule has 1 N–H and O–H groups in total. The van der Waals surface area contributed by atoms with Crippen LogP contribution < -0.4 is 0 Å². The van der Waals surface area contributed by atoms with E-state index < -0.39 is 0 Å². The fourth-order valence-electron chi connectivity index (χ4n) is 4.09. The van der Waals surface area contributed by atoms with Crippen LogP contribution in [0.1, 0.15) is 38.3 Å². The normalized spacial score (nSPS) is 31.6. The molecule has 3 rings (SSSR count). The molecule has 0 saturated carbocycles. The van der Waals surface area contributed by atoms with Gasteiger partial charge in [-0.2, -0.15) is 5.10 Å². The zero-order valence-electron chi connectivity index (χ0n) is 14.6. The Morgan fingerprint density at radius 2 is 2.04 bits per heavy atom. The Kier molecular flexibility index (Phi) is 5.36. The monoisotopic (exact) mass is 322 g/mol. The molecule has 0 amide bonds. The van der Waals surface area contributed by atoms with Crippen molar-refractivity contribution in [2.75, 3.05) is 32.7 Å². The maximum atomic E-state index is 10.6. The first-order valence-electron chi connectivity index (χ1n) is 8.79. The van der Waals surface area contributed by atoms with Crippen molar-refractivity contribution >= 4 is 0 Å². The first-order valence-corrected chi connectivity index (χ1v) is 8.79. The number of β-amino-alcohol motifs (C(OH)–C–C–N with tert-alkyl or cyclic N) is 1. The van der Waals surface area contributed by atoms with Crippen molar-refractivity contribution in [3.05, 3.63) is 18.0 Å². The molecule has 0 aliphatic carbocycles. The van der Waals surface area contributed by atoms with Crippen LogP contribution >= 0.6 is 0 Å². The van der Waals surface area contributed by atoms with E-state index in [1.165, 1.54) is 12.0 Å². The van der Waals surface area contributed by atoms with Crippen molar-refractivity contribution in [3.63, 3.8) is 0 Å². The molecule has 0 unspecified atom stereocenters. The molecule has 23 heavy (non-hydrogen) atoms. The first kappa shape index (κ1) is 16.9. The summed E-state index contributed by atoms with van der Waals surface area (Å²) in [4.78, 5) is 4.74. The lowest BCUT2D eigenvalue weighted by molar-refractivity contribution is -0.0782. The van der Waals surface area contributed by atoms with E-state index in [0.29, 0.717) is 6.04 Å². The smallest absolute Gasteiger partial charge is 0.0794 e. The number of aryl methyl sites for hydroxylation is 1. The fourth-order valence-corrected chi connectivity index (χ4v) is 4.09. The zero-order valence-corrected chi connectivity index (χ0v) is 14.6. The van der Waals surface area contributed by atoms with Gasteiger partial charge in [0, 0.05) is 51.0 Å². The van der Waals surface area contributed by atoms with Gasteiger partial charge >= 0.3 is 0 Å². The number of aliphatic hydroxyl groups excluding tert-OH is 1. The van der Waals surface area contributed by atoms with Crippen LogP contribution in [0.4, 0.5) is 0 Å². The topological polar surface area (TPSA) is 53.8 Å². The fraction of sp³-hybridized carbons (Fsp3) is 0.824. The number of ether oxygens (including phenoxy) is 1. The van der Waals surface area contributed by atoms with Crippen LogP contribution in [-0.4, -0.2) is 75.7 Å². The number of nitrogens with zero attached hydrogens (tertiary/aromatic N) is 4. The molecular formula is C17H30N4O2. The molecule has 1 aromatic rings. The molecule has 1 aromatic heterocycles. The second-order valence-electron chi connectivity index (χ2n) is 7.23. The first-order chi connectivity index (χ1) is 11.0. The predicted octanol–water partition coefficient (Wildman–Crippen LogP) is 1.03. The van der Waals surface area contributed by atoms with Crippen LogP contribution in [0.2, 0.25) is 0 Å². The van der Waals surface area contributed by atoms with Crippen LogP contribution in [0.15, 0.2) is 12.4 Å². The highest BCUT2D eigenvalue weighted by Crippen LogP contribution is 2.31. The number of morpholine rings is 1. The molecular weight excluding hydrogens is 292 g/mol. The van der Waals surface area contributed by atoms with Gasteiger partial charge in [-0.15, -0.1) is 0 Å². The Balaban J connectivity index is 1.53. The maximum Gasteiger partial charge on any atom is 0.0794 e. The summed E-state index contributed by atoms with van der Waals surface area (Å²) in [6.07, 6.45) is 6.59. The summed E-state index contributed by atoms with van der Waals surface area (Å²) >= 11 is 0. The quantitative estimate of drug-likeness (QED) is 0.877.